The number of hydrogen-bond donors (Lipinski definition) is 1. The third kappa shape index (κ3) is 3.46. The predicted octanol–water partition coefficient (Wildman–Crippen LogP) is 3.37. The number of hydrogen-bond acceptors (Lipinski definition) is 4. The lowest BCUT2D eigenvalue weighted by atomic mass is 9.85. The Balaban J connectivity index is 1.50. The van der Waals surface area contributed by atoms with E-state index in [-0.39, 0.29) is 12.6 Å². The summed E-state index contributed by atoms with van der Waals surface area (Å²) in [5.41, 5.74) is 2.90. The van der Waals surface area contributed by atoms with Crippen LogP contribution in [0.25, 0.3) is 17.0 Å². The van der Waals surface area contributed by atoms with Gasteiger partial charge in [-0.3, -0.25) is 4.99 Å². The van der Waals surface area contributed by atoms with Gasteiger partial charge in [0.25, 0.3) is 0 Å². The second kappa shape index (κ2) is 7.15. The minimum atomic E-state index is 0.237. The van der Waals surface area contributed by atoms with Crippen LogP contribution in [0.3, 0.4) is 0 Å². The topological polar surface area (TPSA) is 62.8 Å². The fourth-order valence-corrected chi connectivity index (χ4v) is 3.45. The van der Waals surface area contributed by atoms with Crippen LogP contribution in [0.2, 0.25) is 0 Å². The Kier molecular flexibility index (Phi) is 4.57. The first-order valence-corrected chi connectivity index (χ1v) is 8.89. The summed E-state index contributed by atoms with van der Waals surface area (Å²) in [5.74, 6) is 1.04. The van der Waals surface area contributed by atoms with E-state index in [2.05, 4.69) is 10.1 Å². The van der Waals surface area contributed by atoms with Crippen molar-refractivity contribution >= 4 is 11.9 Å². The van der Waals surface area contributed by atoms with Crippen molar-refractivity contribution in [2.24, 2.45) is 10.9 Å². The van der Waals surface area contributed by atoms with Gasteiger partial charge in [0.05, 0.1) is 6.04 Å². The van der Waals surface area contributed by atoms with Gasteiger partial charge in [0.15, 0.2) is 11.5 Å². The third-order valence-electron chi connectivity index (χ3n) is 4.93. The lowest BCUT2D eigenvalue weighted by molar-refractivity contribution is 0.172. The standard InChI is InChI=1S/C20H22N4O/c25-14-17-5-1-2-6-18(17)21-13-15-8-10-16(11-9-15)20-22-19-7-3-4-12-24(19)23-20/h3-4,7-13,17-18,25H,1-2,5-6,14H2/t17-,18+/m0/s1. The molecule has 1 aliphatic carbocycles. The minimum absolute atomic E-state index is 0.237. The van der Waals surface area contributed by atoms with Crippen LogP contribution < -0.4 is 0 Å². The van der Waals surface area contributed by atoms with Gasteiger partial charge in [0.2, 0.25) is 0 Å². The van der Waals surface area contributed by atoms with Gasteiger partial charge in [0, 0.05) is 30.5 Å². The molecule has 0 radical (unpaired) electrons. The van der Waals surface area contributed by atoms with Gasteiger partial charge in [-0.15, -0.1) is 5.10 Å². The first kappa shape index (κ1) is 16.0. The van der Waals surface area contributed by atoms with Crippen LogP contribution in [0.4, 0.5) is 0 Å². The molecule has 128 valence electrons. The third-order valence-corrected chi connectivity index (χ3v) is 4.93. The van der Waals surface area contributed by atoms with E-state index in [4.69, 9.17) is 4.99 Å². The van der Waals surface area contributed by atoms with E-state index in [9.17, 15) is 5.11 Å². The molecule has 4 rings (SSSR count). The van der Waals surface area contributed by atoms with Gasteiger partial charge in [-0.1, -0.05) is 43.2 Å². The summed E-state index contributed by atoms with van der Waals surface area (Å²) in [4.78, 5) is 9.27. The molecule has 0 saturated heterocycles. The highest BCUT2D eigenvalue weighted by molar-refractivity contribution is 5.80. The Bertz CT molecular complexity index is 836. The number of aliphatic hydroxyl groups is 1. The molecule has 1 N–H and O–H groups in total. The van der Waals surface area contributed by atoms with Crippen LogP contribution in [-0.2, 0) is 0 Å². The summed E-state index contributed by atoms with van der Waals surface area (Å²) in [7, 11) is 0. The minimum Gasteiger partial charge on any atom is -0.396 e. The Morgan fingerprint density at radius 3 is 2.76 bits per heavy atom. The van der Waals surface area contributed by atoms with E-state index >= 15 is 0 Å². The Morgan fingerprint density at radius 2 is 1.96 bits per heavy atom. The van der Waals surface area contributed by atoms with Crippen molar-refractivity contribution in [2.75, 3.05) is 6.61 Å². The molecular weight excluding hydrogens is 312 g/mol. The van der Waals surface area contributed by atoms with Crippen molar-refractivity contribution in [3.05, 3.63) is 54.2 Å². The molecule has 2 heterocycles. The molecule has 0 spiro atoms. The molecule has 0 bridgehead atoms. The van der Waals surface area contributed by atoms with Crippen molar-refractivity contribution in [1.29, 1.82) is 0 Å². The maximum Gasteiger partial charge on any atom is 0.182 e. The average molecular weight is 334 g/mol. The van der Waals surface area contributed by atoms with E-state index < -0.39 is 0 Å². The number of fused-ring (bicyclic) bond motifs is 1. The Morgan fingerprint density at radius 1 is 1.12 bits per heavy atom. The zero-order chi connectivity index (χ0) is 17.1. The van der Waals surface area contributed by atoms with Gasteiger partial charge in [-0.25, -0.2) is 9.50 Å². The van der Waals surface area contributed by atoms with Gasteiger partial charge in [-0.2, -0.15) is 0 Å². The largest absolute Gasteiger partial charge is 0.396 e. The first-order valence-electron chi connectivity index (χ1n) is 8.89. The second-order valence-electron chi connectivity index (χ2n) is 6.63. The molecule has 1 fully saturated rings. The molecule has 1 aromatic carbocycles. The quantitative estimate of drug-likeness (QED) is 0.744. The molecule has 2 aromatic heterocycles. The molecular formula is C20H22N4O. The van der Waals surface area contributed by atoms with Gasteiger partial charge < -0.3 is 5.11 Å². The van der Waals surface area contributed by atoms with Crippen LogP contribution in [0.1, 0.15) is 31.2 Å². The average Bonchev–Trinajstić information content (AvgIpc) is 3.11. The zero-order valence-electron chi connectivity index (χ0n) is 14.1. The highest BCUT2D eigenvalue weighted by Crippen LogP contribution is 2.26. The number of nitrogens with zero attached hydrogens (tertiary/aromatic N) is 4. The molecule has 1 aliphatic rings. The molecule has 25 heavy (non-hydrogen) atoms. The summed E-state index contributed by atoms with van der Waals surface area (Å²) < 4.78 is 1.78. The van der Waals surface area contributed by atoms with Crippen molar-refractivity contribution in [3.63, 3.8) is 0 Å². The number of rotatable bonds is 4. The summed E-state index contributed by atoms with van der Waals surface area (Å²) in [6.45, 7) is 0.237. The number of aliphatic hydroxyl groups excluding tert-OH is 1. The summed E-state index contributed by atoms with van der Waals surface area (Å²) >= 11 is 0. The summed E-state index contributed by atoms with van der Waals surface area (Å²) in [6, 6.07) is 14.2. The van der Waals surface area contributed by atoms with Crippen molar-refractivity contribution in [2.45, 2.75) is 31.7 Å². The molecule has 5 nitrogen and oxygen atoms in total. The SMILES string of the molecule is OC[C@@H]1CCCC[C@H]1N=Cc1ccc(-c2nc3ccccn3n2)cc1. The molecule has 0 unspecified atom stereocenters. The van der Waals surface area contributed by atoms with Crippen molar-refractivity contribution in [1.82, 2.24) is 14.6 Å². The Labute approximate surface area is 147 Å². The van der Waals surface area contributed by atoms with Gasteiger partial charge in [0.1, 0.15) is 0 Å². The lowest BCUT2D eigenvalue weighted by Crippen LogP contribution is -2.26. The first-order chi connectivity index (χ1) is 12.3. The van der Waals surface area contributed by atoms with Crippen LogP contribution in [0.5, 0.6) is 0 Å². The van der Waals surface area contributed by atoms with Crippen molar-refractivity contribution in [3.8, 4) is 11.4 Å². The molecule has 1 saturated carbocycles. The molecule has 0 amide bonds. The number of aliphatic imine (C=N–C) groups is 1. The van der Waals surface area contributed by atoms with Crippen LogP contribution in [0, 0.1) is 5.92 Å². The number of benzene rings is 1. The van der Waals surface area contributed by atoms with E-state index in [1.165, 1.54) is 12.8 Å². The fraction of sp³-hybridized carbons (Fsp3) is 0.350. The summed E-state index contributed by atoms with van der Waals surface area (Å²) in [6.07, 6.45) is 8.39. The van der Waals surface area contributed by atoms with Gasteiger partial charge in [-0.05, 0) is 30.5 Å². The smallest absolute Gasteiger partial charge is 0.182 e. The molecule has 5 heteroatoms. The van der Waals surface area contributed by atoms with E-state index in [1.807, 2.05) is 54.9 Å². The maximum absolute atomic E-state index is 9.49. The molecule has 3 aromatic rings. The summed E-state index contributed by atoms with van der Waals surface area (Å²) in [5, 5.41) is 14.0. The second-order valence-corrected chi connectivity index (χ2v) is 6.63. The number of pyridine rings is 1. The fourth-order valence-electron chi connectivity index (χ4n) is 3.45. The van der Waals surface area contributed by atoms with Crippen molar-refractivity contribution < 1.29 is 5.11 Å². The molecule has 2 atom stereocenters. The highest BCUT2D eigenvalue weighted by Gasteiger charge is 2.23. The normalized spacial score (nSPS) is 21.2. The van der Waals surface area contributed by atoms with Crippen LogP contribution >= 0.6 is 0 Å². The predicted molar refractivity (Wildman–Crippen MR) is 98.8 cm³/mol. The highest BCUT2D eigenvalue weighted by atomic mass is 16.3. The van der Waals surface area contributed by atoms with E-state index in [0.717, 1.165) is 35.4 Å². The number of aromatic nitrogens is 3. The lowest BCUT2D eigenvalue weighted by Gasteiger charge is -2.26. The zero-order valence-corrected chi connectivity index (χ0v) is 14.1. The Hall–Kier alpha value is -2.53. The van der Waals surface area contributed by atoms with E-state index in [0.29, 0.717) is 5.92 Å². The van der Waals surface area contributed by atoms with Gasteiger partial charge >= 0.3 is 0 Å². The monoisotopic (exact) mass is 334 g/mol. The van der Waals surface area contributed by atoms with Crippen LogP contribution in [-0.4, -0.2) is 38.6 Å². The van der Waals surface area contributed by atoms with E-state index in [1.54, 1.807) is 4.52 Å². The maximum atomic E-state index is 9.49. The molecule has 0 aliphatic heterocycles. The van der Waals surface area contributed by atoms with Crippen LogP contribution in [0.15, 0.2) is 53.7 Å².